The van der Waals surface area contributed by atoms with Gasteiger partial charge < -0.3 is 14.6 Å². The number of nitrogens with one attached hydrogen (secondary N) is 2. The molecule has 39 heavy (non-hydrogen) atoms. The van der Waals surface area contributed by atoms with Gasteiger partial charge in [0.1, 0.15) is 0 Å². The fourth-order valence-electron chi connectivity index (χ4n) is 3.69. The van der Waals surface area contributed by atoms with Gasteiger partial charge in [0.25, 0.3) is 11.8 Å². The van der Waals surface area contributed by atoms with E-state index >= 15 is 0 Å². The quantitative estimate of drug-likeness (QED) is 0.234. The number of carboxylic acid groups (broad SMARTS) is 1. The van der Waals surface area contributed by atoms with Crippen molar-refractivity contribution in [2.24, 2.45) is 0 Å². The highest BCUT2D eigenvalue weighted by atomic mass is 16.6. The molecular formula is C29H22N2O8. The third-order valence-electron chi connectivity index (χ3n) is 5.60. The van der Waals surface area contributed by atoms with Crippen LogP contribution in [0.4, 0.5) is 0 Å². The second kappa shape index (κ2) is 12.2. The number of carboxylic acids is 1. The Morgan fingerprint density at radius 3 is 1.69 bits per heavy atom. The van der Waals surface area contributed by atoms with E-state index in [-0.39, 0.29) is 16.7 Å². The highest BCUT2D eigenvalue weighted by molar-refractivity contribution is 6.07. The molecule has 0 aliphatic rings. The molecule has 3 N–H and O–H groups in total. The van der Waals surface area contributed by atoms with Crippen molar-refractivity contribution in [2.45, 2.75) is 12.2 Å². The maximum atomic E-state index is 13.1. The van der Waals surface area contributed by atoms with Crippen LogP contribution in [0.25, 0.3) is 10.8 Å². The molecule has 0 bridgehead atoms. The number of aliphatic carboxylic acids is 1. The van der Waals surface area contributed by atoms with Gasteiger partial charge in [-0.2, -0.15) is 0 Å². The van der Waals surface area contributed by atoms with Crippen LogP contribution in [0, 0.1) is 0 Å². The minimum atomic E-state index is -2.24. The van der Waals surface area contributed by atoms with Crippen LogP contribution in [0.1, 0.15) is 31.1 Å². The number of carbonyl (C=O) groups is 5. The van der Waals surface area contributed by atoms with Crippen LogP contribution < -0.4 is 10.9 Å². The van der Waals surface area contributed by atoms with Gasteiger partial charge in [-0.1, -0.05) is 72.8 Å². The van der Waals surface area contributed by atoms with E-state index in [9.17, 15) is 29.1 Å². The van der Waals surface area contributed by atoms with Crippen molar-refractivity contribution in [1.29, 1.82) is 0 Å². The van der Waals surface area contributed by atoms with Crippen molar-refractivity contribution in [3.8, 4) is 0 Å². The number of hydrazine groups is 1. The zero-order valence-electron chi connectivity index (χ0n) is 20.3. The molecule has 4 aromatic rings. The minimum Gasteiger partial charge on any atom is -0.478 e. The lowest BCUT2D eigenvalue weighted by atomic mass is 10.0. The van der Waals surface area contributed by atoms with Crippen molar-refractivity contribution in [3.05, 3.63) is 120 Å². The van der Waals surface area contributed by atoms with E-state index in [1.54, 1.807) is 54.6 Å². The van der Waals surface area contributed by atoms with E-state index in [0.29, 0.717) is 5.39 Å². The van der Waals surface area contributed by atoms with E-state index in [4.69, 9.17) is 9.47 Å². The normalized spacial score (nSPS) is 12.0. The SMILES string of the molecule is O=C(O[C@H](C(=O)O)[C@@H](OC(=O)c1ccccc1)C(=O)NNC(=O)c1cccc2ccccc12)c1ccccc1. The van der Waals surface area contributed by atoms with Crippen molar-refractivity contribution in [1.82, 2.24) is 10.9 Å². The molecule has 0 saturated carbocycles. The third-order valence-corrected chi connectivity index (χ3v) is 5.60. The topological polar surface area (TPSA) is 148 Å². The molecule has 4 rings (SSSR count). The van der Waals surface area contributed by atoms with Crippen LogP contribution in [-0.2, 0) is 19.1 Å². The van der Waals surface area contributed by atoms with E-state index in [1.807, 2.05) is 12.1 Å². The number of fused-ring (bicyclic) bond motifs is 1. The van der Waals surface area contributed by atoms with Crippen LogP contribution in [0.5, 0.6) is 0 Å². The van der Waals surface area contributed by atoms with Crippen LogP contribution in [0.3, 0.4) is 0 Å². The summed E-state index contributed by atoms with van der Waals surface area (Å²) >= 11 is 0. The summed E-state index contributed by atoms with van der Waals surface area (Å²) < 4.78 is 10.3. The third kappa shape index (κ3) is 6.44. The van der Waals surface area contributed by atoms with Gasteiger partial charge in [-0.15, -0.1) is 0 Å². The second-order valence-corrected chi connectivity index (χ2v) is 8.19. The number of ether oxygens (including phenoxy) is 2. The number of hydrogen-bond acceptors (Lipinski definition) is 7. The van der Waals surface area contributed by atoms with Crippen LogP contribution in [-0.4, -0.2) is 47.0 Å². The lowest BCUT2D eigenvalue weighted by molar-refractivity contribution is -0.159. The van der Waals surface area contributed by atoms with Gasteiger partial charge in [-0.05, 0) is 41.1 Å². The molecule has 0 aromatic heterocycles. The first-order chi connectivity index (χ1) is 18.8. The van der Waals surface area contributed by atoms with Crippen LogP contribution >= 0.6 is 0 Å². The smallest absolute Gasteiger partial charge is 0.349 e. The summed E-state index contributed by atoms with van der Waals surface area (Å²) in [6, 6.07) is 27.1. The zero-order chi connectivity index (χ0) is 27.8. The molecule has 0 aliphatic carbocycles. The first-order valence-corrected chi connectivity index (χ1v) is 11.7. The Morgan fingerprint density at radius 2 is 1.10 bits per heavy atom. The first-order valence-electron chi connectivity index (χ1n) is 11.7. The number of carbonyl (C=O) groups excluding carboxylic acids is 4. The lowest BCUT2D eigenvalue weighted by Gasteiger charge is -2.23. The van der Waals surface area contributed by atoms with Crippen molar-refractivity contribution in [2.75, 3.05) is 0 Å². The summed E-state index contributed by atoms with van der Waals surface area (Å²) in [6.07, 6.45) is -4.39. The van der Waals surface area contributed by atoms with Crippen molar-refractivity contribution in [3.63, 3.8) is 0 Å². The molecule has 0 spiro atoms. The molecule has 2 amide bonds. The van der Waals surface area contributed by atoms with Crippen molar-refractivity contribution < 1.29 is 38.6 Å². The van der Waals surface area contributed by atoms with Gasteiger partial charge in [-0.3, -0.25) is 20.4 Å². The molecular weight excluding hydrogens is 504 g/mol. The highest BCUT2D eigenvalue weighted by Crippen LogP contribution is 2.18. The van der Waals surface area contributed by atoms with Crippen LogP contribution in [0.15, 0.2) is 103 Å². The maximum Gasteiger partial charge on any atom is 0.349 e. The number of rotatable bonds is 8. The molecule has 0 unspecified atom stereocenters. The number of hydrogen-bond donors (Lipinski definition) is 3. The number of amides is 2. The Balaban J connectivity index is 1.57. The summed E-state index contributed by atoms with van der Waals surface area (Å²) in [7, 11) is 0. The standard InChI is InChI=1S/C29H22N2O8/c32-25(22-17-9-15-18-10-7-8-16-21(18)22)30-31-26(33)23(38-28(36)19-11-3-1-4-12-19)24(27(34)35)39-29(37)20-13-5-2-6-14-20/h1-17,23-24H,(H,30,32)(H,31,33)(H,34,35)/t23-,24+/m1/s1. The summed E-state index contributed by atoms with van der Waals surface area (Å²) in [5.41, 5.74) is 4.55. The molecule has 0 heterocycles. The van der Waals surface area contributed by atoms with E-state index in [1.165, 1.54) is 36.4 Å². The summed E-state index contributed by atoms with van der Waals surface area (Å²) in [5, 5.41) is 11.2. The first kappa shape index (κ1) is 26.6. The fraction of sp³-hybridized carbons (Fsp3) is 0.0690. The molecule has 0 fully saturated rings. The second-order valence-electron chi connectivity index (χ2n) is 8.19. The van der Waals surface area contributed by atoms with Gasteiger partial charge in [0.2, 0.25) is 12.2 Å². The minimum absolute atomic E-state index is 0.0153. The number of esters is 2. The van der Waals surface area contributed by atoms with Gasteiger partial charge in [0, 0.05) is 5.56 Å². The van der Waals surface area contributed by atoms with E-state index in [2.05, 4.69) is 10.9 Å². The fourth-order valence-corrected chi connectivity index (χ4v) is 3.69. The van der Waals surface area contributed by atoms with Gasteiger partial charge in [-0.25, -0.2) is 14.4 Å². The molecule has 4 aromatic carbocycles. The molecule has 10 heteroatoms. The molecule has 0 aliphatic heterocycles. The predicted molar refractivity (Wildman–Crippen MR) is 138 cm³/mol. The summed E-state index contributed by atoms with van der Waals surface area (Å²) in [5.74, 6) is -5.79. The molecule has 2 atom stereocenters. The molecule has 196 valence electrons. The molecule has 0 saturated heterocycles. The average Bonchev–Trinajstić information content (AvgIpc) is 2.97. The van der Waals surface area contributed by atoms with Gasteiger partial charge in [0.15, 0.2) is 0 Å². The lowest BCUT2D eigenvalue weighted by Crippen LogP contribution is -2.54. The summed E-state index contributed by atoms with van der Waals surface area (Å²) in [6.45, 7) is 0. The molecule has 10 nitrogen and oxygen atoms in total. The van der Waals surface area contributed by atoms with Gasteiger partial charge >= 0.3 is 17.9 Å². The van der Waals surface area contributed by atoms with Gasteiger partial charge in [0.05, 0.1) is 11.1 Å². The average molecular weight is 527 g/mol. The Morgan fingerprint density at radius 1 is 0.590 bits per heavy atom. The summed E-state index contributed by atoms with van der Waals surface area (Å²) in [4.78, 5) is 63.4. The number of benzene rings is 4. The van der Waals surface area contributed by atoms with E-state index < -0.39 is 41.9 Å². The Bertz CT molecular complexity index is 1520. The van der Waals surface area contributed by atoms with Crippen LogP contribution in [0.2, 0.25) is 0 Å². The zero-order valence-corrected chi connectivity index (χ0v) is 20.3. The predicted octanol–water partition coefficient (Wildman–Crippen LogP) is 3.14. The Hall–Kier alpha value is -5.51. The Kier molecular flexibility index (Phi) is 8.27. The van der Waals surface area contributed by atoms with Crippen molar-refractivity contribution >= 4 is 40.5 Å². The highest BCUT2D eigenvalue weighted by Gasteiger charge is 2.41. The monoisotopic (exact) mass is 526 g/mol. The maximum absolute atomic E-state index is 13.1. The molecule has 0 radical (unpaired) electrons. The largest absolute Gasteiger partial charge is 0.478 e. The Labute approximate surface area is 222 Å². The van der Waals surface area contributed by atoms with E-state index in [0.717, 1.165) is 5.39 Å².